The van der Waals surface area contributed by atoms with E-state index in [0.29, 0.717) is 6.04 Å². The Bertz CT molecular complexity index is 1090. The highest BCUT2D eigenvalue weighted by Gasteiger charge is 2.27. The monoisotopic (exact) mass is 460 g/mol. The average Bonchev–Trinajstić information content (AvgIpc) is 3.28. The van der Waals surface area contributed by atoms with Gasteiger partial charge in [-0.25, -0.2) is 4.98 Å². The molecule has 3 aromatic rings. The molecule has 0 saturated heterocycles. The van der Waals surface area contributed by atoms with Crippen LogP contribution in [-0.2, 0) is 13.0 Å². The second-order valence-corrected chi connectivity index (χ2v) is 9.65. The lowest BCUT2D eigenvalue weighted by Gasteiger charge is -2.34. The van der Waals surface area contributed by atoms with Crippen LogP contribution in [-0.4, -0.2) is 44.5 Å². The Morgan fingerprint density at radius 1 is 1.15 bits per heavy atom. The van der Waals surface area contributed by atoms with Crippen molar-refractivity contribution in [3.63, 3.8) is 0 Å². The maximum atomic E-state index is 4.86. The molecule has 1 aliphatic heterocycles. The Morgan fingerprint density at radius 2 is 2.12 bits per heavy atom. The normalized spacial score (nSPS) is 18.0. The van der Waals surface area contributed by atoms with Gasteiger partial charge in [-0.15, -0.1) is 0 Å². The number of fused-ring (bicyclic) bond motifs is 2. The van der Waals surface area contributed by atoms with E-state index in [-0.39, 0.29) is 0 Å². The van der Waals surface area contributed by atoms with Crippen LogP contribution in [0.1, 0.15) is 55.2 Å². The smallest absolute Gasteiger partial charge is 0.121 e. The van der Waals surface area contributed by atoms with Crippen LogP contribution in [0.5, 0.6) is 0 Å². The predicted molar refractivity (Wildman–Crippen MR) is 137 cm³/mol. The molecular formula is C26H32N6S. The van der Waals surface area contributed by atoms with Crippen molar-refractivity contribution in [2.45, 2.75) is 51.1 Å². The Labute approximate surface area is 200 Å². The average molecular weight is 461 g/mol. The lowest BCUT2D eigenvalue weighted by Crippen LogP contribution is -2.33. The second-order valence-electron chi connectivity index (χ2n) is 8.74. The van der Waals surface area contributed by atoms with Crippen molar-refractivity contribution in [2.24, 2.45) is 4.99 Å². The summed E-state index contributed by atoms with van der Waals surface area (Å²) in [5, 5.41) is 1.10. The van der Waals surface area contributed by atoms with Crippen LogP contribution in [0.2, 0.25) is 0 Å². The summed E-state index contributed by atoms with van der Waals surface area (Å²) in [7, 11) is 0. The number of aryl methyl sites for hydroxylation is 1. The summed E-state index contributed by atoms with van der Waals surface area (Å²) < 4.78 is 3.48. The zero-order chi connectivity index (χ0) is 22.3. The highest BCUT2D eigenvalue weighted by molar-refractivity contribution is 8.12. The molecule has 1 aromatic carbocycles. The van der Waals surface area contributed by atoms with Crippen LogP contribution < -0.4 is 4.72 Å². The minimum atomic E-state index is 0.354. The fourth-order valence-corrected chi connectivity index (χ4v) is 5.46. The van der Waals surface area contributed by atoms with Gasteiger partial charge in [0.1, 0.15) is 10.9 Å². The molecule has 1 aliphatic carbocycles. The van der Waals surface area contributed by atoms with Gasteiger partial charge in [-0.1, -0.05) is 24.3 Å². The van der Waals surface area contributed by atoms with Crippen molar-refractivity contribution in [3.8, 4) is 0 Å². The van der Waals surface area contributed by atoms with E-state index in [9.17, 15) is 0 Å². The van der Waals surface area contributed by atoms with Crippen molar-refractivity contribution < 1.29 is 0 Å². The lowest BCUT2D eigenvalue weighted by molar-refractivity contribution is 0.159. The third-order valence-corrected chi connectivity index (χ3v) is 7.19. The van der Waals surface area contributed by atoms with E-state index in [1.165, 1.54) is 17.7 Å². The van der Waals surface area contributed by atoms with E-state index in [0.717, 1.165) is 80.2 Å². The summed E-state index contributed by atoms with van der Waals surface area (Å²) in [6.45, 7) is 3.74. The second kappa shape index (κ2) is 11.1. The first-order chi connectivity index (χ1) is 16.4. The predicted octanol–water partition coefficient (Wildman–Crippen LogP) is 5.21. The van der Waals surface area contributed by atoms with Gasteiger partial charge in [0.15, 0.2) is 0 Å². The summed E-state index contributed by atoms with van der Waals surface area (Å²) >= 11 is 1.65. The highest BCUT2D eigenvalue weighted by atomic mass is 32.2. The van der Waals surface area contributed by atoms with Gasteiger partial charge >= 0.3 is 0 Å². The number of pyridine rings is 1. The van der Waals surface area contributed by atoms with Crippen LogP contribution in [0.15, 0.2) is 59.7 Å². The number of rotatable bonds is 9. The molecule has 7 heteroatoms. The molecule has 2 aromatic heterocycles. The summed E-state index contributed by atoms with van der Waals surface area (Å²) in [5.74, 6) is 1.04. The maximum absolute atomic E-state index is 4.86. The number of para-hydroxylation sites is 2. The molecule has 0 fully saturated rings. The minimum Gasteiger partial charge on any atom is -0.341 e. The minimum absolute atomic E-state index is 0.354. The number of aromatic amines is 1. The fourth-order valence-electron chi connectivity index (χ4n) is 4.75. The van der Waals surface area contributed by atoms with Gasteiger partial charge < -0.3 is 4.98 Å². The number of benzene rings is 1. The Balaban J connectivity index is 1.23. The van der Waals surface area contributed by atoms with E-state index in [4.69, 9.17) is 9.97 Å². The number of hydrogen-bond donors (Lipinski definition) is 2. The molecule has 0 amide bonds. The van der Waals surface area contributed by atoms with Gasteiger partial charge in [0.25, 0.3) is 0 Å². The van der Waals surface area contributed by atoms with Crippen molar-refractivity contribution in [2.75, 3.05) is 19.6 Å². The highest BCUT2D eigenvalue weighted by Crippen LogP contribution is 2.33. The van der Waals surface area contributed by atoms with E-state index < -0.39 is 0 Å². The summed E-state index contributed by atoms with van der Waals surface area (Å²) in [6, 6.07) is 13.0. The Hall–Kier alpha value is -2.48. The largest absolute Gasteiger partial charge is 0.341 e. The molecule has 0 saturated carbocycles. The van der Waals surface area contributed by atoms with Crippen LogP contribution in [0, 0.1) is 0 Å². The molecule has 1 atom stereocenters. The molecule has 2 aliphatic rings. The molecule has 0 radical (unpaired) electrons. The van der Waals surface area contributed by atoms with E-state index >= 15 is 0 Å². The van der Waals surface area contributed by atoms with Crippen LogP contribution in [0.3, 0.4) is 0 Å². The van der Waals surface area contributed by atoms with Gasteiger partial charge in [0, 0.05) is 19.3 Å². The molecule has 0 bridgehead atoms. The van der Waals surface area contributed by atoms with Crippen molar-refractivity contribution in [3.05, 3.63) is 71.8 Å². The number of nitrogens with zero attached hydrogens (tertiary/aromatic N) is 4. The van der Waals surface area contributed by atoms with Gasteiger partial charge in [-0.2, -0.15) is 0 Å². The number of aliphatic imine (C=N–C) groups is 1. The third-order valence-electron chi connectivity index (χ3n) is 6.37. The molecule has 1 unspecified atom stereocenters. The van der Waals surface area contributed by atoms with Crippen LogP contribution >= 0.6 is 11.9 Å². The number of nitrogens with one attached hydrogen (secondary N) is 2. The summed E-state index contributed by atoms with van der Waals surface area (Å²) in [5.41, 5.74) is 4.81. The van der Waals surface area contributed by atoms with E-state index in [1.54, 1.807) is 11.9 Å². The molecule has 2 N–H and O–H groups in total. The van der Waals surface area contributed by atoms with Crippen molar-refractivity contribution in [1.82, 2.24) is 24.6 Å². The maximum Gasteiger partial charge on any atom is 0.121 e. The number of dihydropyridines is 1. The van der Waals surface area contributed by atoms with Gasteiger partial charge in [0.2, 0.25) is 0 Å². The van der Waals surface area contributed by atoms with E-state index in [1.807, 2.05) is 12.3 Å². The number of unbranched alkanes of at least 4 members (excludes halogenated alkanes) is 1. The number of H-pyrrole nitrogens is 1. The summed E-state index contributed by atoms with van der Waals surface area (Å²) in [6.07, 6.45) is 13.1. The molecule has 5 rings (SSSR count). The molecular weight excluding hydrogens is 428 g/mol. The number of hydrogen-bond acceptors (Lipinski definition) is 6. The number of imidazole rings is 1. The van der Waals surface area contributed by atoms with Gasteiger partial charge in [-0.05, 0) is 86.9 Å². The molecule has 3 heterocycles. The van der Waals surface area contributed by atoms with E-state index in [2.05, 4.69) is 62.1 Å². The Morgan fingerprint density at radius 3 is 3.03 bits per heavy atom. The quantitative estimate of drug-likeness (QED) is 0.339. The topological polar surface area (TPSA) is 69.2 Å². The van der Waals surface area contributed by atoms with Crippen molar-refractivity contribution >= 4 is 28.0 Å². The van der Waals surface area contributed by atoms with Crippen LogP contribution in [0.25, 0.3) is 11.0 Å². The Kier molecular flexibility index (Phi) is 7.50. The molecule has 0 spiro atoms. The lowest BCUT2D eigenvalue weighted by atomic mass is 9.90. The SMILES string of the molecule is C1=CC(SNCCCCN(Cc2nc3ccccc3[nH]2)C2CCCc3cccnc32)=NCC1. The fraction of sp³-hybridized carbons (Fsp3) is 0.423. The zero-order valence-electron chi connectivity index (χ0n) is 19.0. The third kappa shape index (κ3) is 5.72. The summed E-state index contributed by atoms with van der Waals surface area (Å²) in [4.78, 5) is 20.3. The zero-order valence-corrected chi connectivity index (χ0v) is 19.9. The van der Waals surface area contributed by atoms with Crippen molar-refractivity contribution in [1.29, 1.82) is 0 Å². The standard InChI is InChI=1S/C26H32N6S/c1-2-12-22-21(11-1)30-24(31-22)19-32(23-13-7-9-20-10-8-16-28-26(20)23)18-6-5-17-29-33-25-14-3-4-15-27-25/h1-3,8,10-12,14,16,23,29H,4-7,9,13,15,17-19H2,(H,30,31). The first-order valence-electron chi connectivity index (χ1n) is 12.1. The first kappa shape index (κ1) is 22.3. The molecule has 172 valence electrons. The first-order valence-corrected chi connectivity index (χ1v) is 12.9. The van der Waals surface area contributed by atoms with Crippen LogP contribution in [0.4, 0.5) is 0 Å². The number of aromatic nitrogens is 3. The van der Waals surface area contributed by atoms with Gasteiger partial charge in [0.05, 0.1) is 29.3 Å². The van der Waals surface area contributed by atoms with Gasteiger partial charge in [-0.3, -0.25) is 19.6 Å². The molecule has 33 heavy (non-hydrogen) atoms. The molecule has 6 nitrogen and oxygen atoms in total.